The quantitative estimate of drug-likeness (QED) is 0.259. The van der Waals surface area contributed by atoms with E-state index in [0.29, 0.717) is 63.6 Å². The third kappa shape index (κ3) is 7.49. The van der Waals surface area contributed by atoms with Crippen molar-refractivity contribution < 1.29 is 19.2 Å². The van der Waals surface area contributed by atoms with Gasteiger partial charge in [0.2, 0.25) is 0 Å². The zero-order valence-corrected chi connectivity index (χ0v) is 24.2. The van der Waals surface area contributed by atoms with E-state index in [1.54, 1.807) is 0 Å². The van der Waals surface area contributed by atoms with Crippen molar-refractivity contribution in [1.82, 2.24) is 9.80 Å². The number of benzene rings is 3. The van der Waals surface area contributed by atoms with E-state index < -0.39 is 4.92 Å². The Balaban J connectivity index is 1.39. The second kappa shape index (κ2) is 14.1. The maximum absolute atomic E-state index is 13.3. The van der Waals surface area contributed by atoms with Crippen molar-refractivity contribution >= 4 is 29.0 Å². The van der Waals surface area contributed by atoms with Crippen molar-refractivity contribution in [3.05, 3.63) is 88.0 Å². The van der Waals surface area contributed by atoms with Gasteiger partial charge in [0, 0.05) is 57.0 Å². The second-order valence-electron chi connectivity index (χ2n) is 10.8. The van der Waals surface area contributed by atoms with Crippen LogP contribution in [0.2, 0.25) is 0 Å². The average molecular weight is 587 g/mol. The number of nitrogens with two attached hydrogens (primary N) is 1. The molecule has 0 saturated carbocycles. The van der Waals surface area contributed by atoms with E-state index in [0.717, 1.165) is 48.3 Å². The number of morpholine rings is 1. The fraction of sp³-hybridized carbons (Fsp3) is 0.375. The van der Waals surface area contributed by atoms with Crippen LogP contribution in [0.4, 0.5) is 21.9 Å². The highest BCUT2D eigenvalue weighted by molar-refractivity contribution is 6.06. The molecule has 2 heterocycles. The Morgan fingerprint density at radius 3 is 2.37 bits per heavy atom. The largest absolute Gasteiger partial charge is 0.378 e. The van der Waals surface area contributed by atoms with Crippen LogP contribution in [0.25, 0.3) is 11.1 Å². The maximum Gasteiger partial charge on any atom is 0.320 e. The predicted octanol–water partition coefficient (Wildman–Crippen LogP) is 4.72. The molecule has 3 amide bonds. The minimum absolute atomic E-state index is 0.00615. The molecule has 11 heteroatoms. The van der Waals surface area contributed by atoms with Gasteiger partial charge in [0.25, 0.3) is 11.6 Å². The number of hydrogen-bond acceptors (Lipinski definition) is 7. The Morgan fingerprint density at radius 2 is 1.67 bits per heavy atom. The molecule has 0 atom stereocenters. The highest BCUT2D eigenvalue weighted by atomic mass is 16.6. The SMILES string of the molecule is NCCCN(Cc1cccc(-c2ccc(N3CCCC3)c(NC(=O)c3ccc([N+](=O)[O-])cc3)c2)c1)C(=O)N1CCOCC1. The number of urea groups is 1. The number of non-ortho nitro benzene ring substituents is 1. The molecule has 0 bridgehead atoms. The van der Waals surface area contributed by atoms with Crippen molar-refractivity contribution in [3.8, 4) is 11.1 Å². The number of nitro benzene ring substituents is 1. The number of nitrogens with zero attached hydrogens (tertiary/aromatic N) is 4. The first-order valence-corrected chi connectivity index (χ1v) is 14.8. The Hall–Kier alpha value is -4.48. The first-order valence-electron chi connectivity index (χ1n) is 14.8. The molecule has 3 aromatic rings. The molecule has 5 rings (SSSR count). The lowest BCUT2D eigenvalue weighted by Crippen LogP contribution is -2.48. The summed E-state index contributed by atoms with van der Waals surface area (Å²) in [4.78, 5) is 43.0. The van der Waals surface area contributed by atoms with Gasteiger partial charge in [0.15, 0.2) is 0 Å². The van der Waals surface area contributed by atoms with Gasteiger partial charge in [0.1, 0.15) is 0 Å². The number of carbonyl (C=O) groups is 2. The molecule has 2 aliphatic heterocycles. The smallest absolute Gasteiger partial charge is 0.320 e. The summed E-state index contributed by atoms with van der Waals surface area (Å²) in [5.41, 5.74) is 10.6. The zero-order chi connectivity index (χ0) is 30.2. The summed E-state index contributed by atoms with van der Waals surface area (Å²) in [6.45, 7) is 5.59. The van der Waals surface area contributed by atoms with E-state index >= 15 is 0 Å². The summed E-state index contributed by atoms with van der Waals surface area (Å²) in [5, 5.41) is 14.1. The highest BCUT2D eigenvalue weighted by Gasteiger charge is 2.23. The number of rotatable bonds is 10. The standard InChI is InChI=1S/C32H38N6O5/c33-13-4-16-37(32(40)36-17-19-43-20-18-36)23-24-5-3-6-26(21-24)27-9-12-30(35-14-1-2-15-35)29(22-27)34-31(39)25-7-10-28(11-8-25)38(41)42/h3,5-12,21-22H,1-2,4,13-20,23,33H2,(H,34,39). The Labute approximate surface area is 251 Å². The van der Waals surface area contributed by atoms with E-state index in [1.807, 2.05) is 40.1 Å². The molecular weight excluding hydrogens is 548 g/mol. The third-order valence-electron chi connectivity index (χ3n) is 7.85. The summed E-state index contributed by atoms with van der Waals surface area (Å²) >= 11 is 0. The summed E-state index contributed by atoms with van der Waals surface area (Å²) in [5.74, 6) is -0.335. The van der Waals surface area contributed by atoms with Gasteiger partial charge in [-0.05, 0) is 72.8 Å². The zero-order valence-electron chi connectivity index (χ0n) is 24.2. The molecule has 2 saturated heterocycles. The van der Waals surface area contributed by atoms with E-state index in [-0.39, 0.29) is 17.6 Å². The number of nitro groups is 1. The number of anilines is 2. The summed E-state index contributed by atoms with van der Waals surface area (Å²) in [6, 6.07) is 19.7. The molecule has 0 unspecified atom stereocenters. The van der Waals surface area contributed by atoms with Crippen LogP contribution >= 0.6 is 0 Å². The summed E-state index contributed by atoms with van der Waals surface area (Å²) < 4.78 is 5.42. The average Bonchev–Trinajstić information content (AvgIpc) is 3.58. The molecule has 226 valence electrons. The summed E-state index contributed by atoms with van der Waals surface area (Å²) in [6.07, 6.45) is 2.89. The minimum Gasteiger partial charge on any atom is -0.378 e. The lowest BCUT2D eigenvalue weighted by molar-refractivity contribution is -0.384. The van der Waals surface area contributed by atoms with Crippen LogP contribution < -0.4 is 16.0 Å². The van der Waals surface area contributed by atoms with E-state index in [1.165, 1.54) is 24.3 Å². The normalized spacial score (nSPS) is 14.9. The first-order chi connectivity index (χ1) is 20.9. The molecule has 2 aliphatic rings. The molecule has 43 heavy (non-hydrogen) atoms. The van der Waals surface area contributed by atoms with Crippen LogP contribution in [0.1, 0.15) is 35.2 Å². The van der Waals surface area contributed by atoms with Gasteiger partial charge in [-0.15, -0.1) is 0 Å². The third-order valence-corrected chi connectivity index (χ3v) is 7.85. The Bertz CT molecular complexity index is 1430. The van der Waals surface area contributed by atoms with E-state index in [9.17, 15) is 19.7 Å². The molecule has 11 nitrogen and oxygen atoms in total. The van der Waals surface area contributed by atoms with E-state index in [4.69, 9.17) is 10.5 Å². The van der Waals surface area contributed by atoms with Crippen LogP contribution in [0.15, 0.2) is 66.7 Å². The van der Waals surface area contributed by atoms with Gasteiger partial charge in [0.05, 0.1) is 29.5 Å². The van der Waals surface area contributed by atoms with E-state index in [2.05, 4.69) is 22.3 Å². The molecule has 3 aromatic carbocycles. The van der Waals surface area contributed by atoms with Gasteiger partial charge in [-0.1, -0.05) is 24.3 Å². The van der Waals surface area contributed by atoms with Crippen LogP contribution in [-0.4, -0.2) is 79.1 Å². The molecule has 3 N–H and O–H groups in total. The number of ether oxygens (including phenoxy) is 1. The van der Waals surface area contributed by atoms with Gasteiger partial charge < -0.3 is 30.5 Å². The number of carbonyl (C=O) groups excluding carboxylic acids is 2. The predicted molar refractivity (Wildman–Crippen MR) is 166 cm³/mol. The van der Waals surface area contributed by atoms with Crippen molar-refractivity contribution in [2.24, 2.45) is 5.73 Å². The van der Waals surface area contributed by atoms with Crippen molar-refractivity contribution in [3.63, 3.8) is 0 Å². The maximum atomic E-state index is 13.3. The molecular formula is C32H38N6O5. The molecule has 0 spiro atoms. The second-order valence-corrected chi connectivity index (χ2v) is 10.8. The van der Waals surface area contributed by atoms with Gasteiger partial charge in [-0.25, -0.2) is 4.79 Å². The highest BCUT2D eigenvalue weighted by Crippen LogP contribution is 2.34. The van der Waals surface area contributed by atoms with Crippen molar-refractivity contribution in [2.75, 3.05) is 62.7 Å². The van der Waals surface area contributed by atoms with Gasteiger partial charge >= 0.3 is 6.03 Å². The van der Waals surface area contributed by atoms with Crippen LogP contribution in [0.5, 0.6) is 0 Å². The number of nitrogens with one attached hydrogen (secondary N) is 1. The Morgan fingerprint density at radius 1 is 0.953 bits per heavy atom. The lowest BCUT2D eigenvalue weighted by Gasteiger charge is -2.33. The van der Waals surface area contributed by atoms with Crippen LogP contribution in [-0.2, 0) is 11.3 Å². The van der Waals surface area contributed by atoms with Gasteiger partial charge in [-0.2, -0.15) is 0 Å². The van der Waals surface area contributed by atoms with Crippen molar-refractivity contribution in [2.45, 2.75) is 25.8 Å². The van der Waals surface area contributed by atoms with Gasteiger partial charge in [-0.3, -0.25) is 14.9 Å². The first kappa shape index (κ1) is 30.0. The van der Waals surface area contributed by atoms with Crippen LogP contribution in [0, 0.1) is 10.1 Å². The molecule has 0 aliphatic carbocycles. The lowest BCUT2D eigenvalue weighted by atomic mass is 10.0. The fourth-order valence-electron chi connectivity index (χ4n) is 5.53. The minimum atomic E-state index is -0.485. The summed E-state index contributed by atoms with van der Waals surface area (Å²) in [7, 11) is 0. The molecule has 2 fully saturated rings. The van der Waals surface area contributed by atoms with Crippen molar-refractivity contribution in [1.29, 1.82) is 0 Å². The number of hydrogen-bond donors (Lipinski definition) is 2. The molecule has 0 radical (unpaired) electrons. The topological polar surface area (TPSA) is 134 Å². The Kier molecular flexibility index (Phi) is 9.85. The fourth-order valence-corrected chi connectivity index (χ4v) is 5.53. The monoisotopic (exact) mass is 586 g/mol. The number of amides is 3. The molecule has 0 aromatic heterocycles. The van der Waals surface area contributed by atoms with Crippen LogP contribution in [0.3, 0.4) is 0 Å².